The number of oxazole rings is 1. The number of fused-ring (bicyclic) bond motifs is 1. The van der Waals surface area contributed by atoms with Crippen LogP contribution in [0.2, 0.25) is 0 Å². The maximum atomic E-state index is 10.6. The molecule has 2 aromatic rings. The minimum Gasteiger partial charge on any atom is -0.476 e. The van der Waals surface area contributed by atoms with Crippen molar-refractivity contribution in [2.75, 3.05) is 0 Å². The molecule has 2 heterocycles. The summed E-state index contributed by atoms with van der Waals surface area (Å²) >= 11 is 0. The van der Waals surface area contributed by atoms with Crippen molar-refractivity contribution in [3.05, 3.63) is 24.0 Å². The maximum Gasteiger partial charge on any atom is 0.360 e. The Hall–Kier alpha value is -1.78. The van der Waals surface area contributed by atoms with Gasteiger partial charge in [0.15, 0.2) is 0 Å². The van der Waals surface area contributed by atoms with Gasteiger partial charge in [-0.1, -0.05) is 0 Å². The third-order valence-electron chi connectivity index (χ3n) is 1.64. The first kappa shape index (κ1) is 6.90. The normalized spacial score (nSPS) is 10.8. The van der Waals surface area contributed by atoms with E-state index in [1.807, 2.05) is 0 Å². The Morgan fingerprint density at radius 2 is 2.50 bits per heavy atom. The molecule has 0 spiro atoms. The molecule has 0 amide bonds. The minimum absolute atomic E-state index is 0.0440. The quantitative estimate of drug-likeness (QED) is 0.684. The summed E-state index contributed by atoms with van der Waals surface area (Å²) in [5.41, 5.74) is 0.234. The smallest absolute Gasteiger partial charge is 0.360 e. The Morgan fingerprint density at radius 3 is 3.17 bits per heavy atom. The SMILES string of the molecule is Cc1nc(C(=O)O)c2occn12. The summed E-state index contributed by atoms with van der Waals surface area (Å²) in [4.78, 5) is 14.4. The molecule has 0 saturated heterocycles. The first-order valence-corrected chi connectivity index (χ1v) is 3.35. The summed E-state index contributed by atoms with van der Waals surface area (Å²) < 4.78 is 6.54. The molecule has 0 aromatic carbocycles. The molecule has 0 radical (unpaired) electrons. The molecule has 0 atom stereocenters. The van der Waals surface area contributed by atoms with Crippen LogP contribution in [0.15, 0.2) is 16.9 Å². The number of nitrogens with zero attached hydrogens (tertiary/aromatic N) is 2. The van der Waals surface area contributed by atoms with E-state index in [-0.39, 0.29) is 11.4 Å². The van der Waals surface area contributed by atoms with Crippen molar-refractivity contribution in [2.45, 2.75) is 6.92 Å². The molecule has 0 aliphatic rings. The summed E-state index contributed by atoms with van der Waals surface area (Å²) in [6.45, 7) is 1.72. The molecule has 62 valence electrons. The fourth-order valence-electron chi connectivity index (χ4n) is 1.11. The van der Waals surface area contributed by atoms with Crippen LogP contribution in [0.1, 0.15) is 16.3 Å². The number of aromatic carboxylic acids is 1. The van der Waals surface area contributed by atoms with Crippen molar-refractivity contribution in [3.63, 3.8) is 0 Å². The second-order valence-electron chi connectivity index (χ2n) is 2.39. The number of carboxylic acids is 1. The molecular weight excluding hydrogens is 160 g/mol. The lowest BCUT2D eigenvalue weighted by Crippen LogP contribution is -1.96. The van der Waals surface area contributed by atoms with Gasteiger partial charge in [-0.15, -0.1) is 0 Å². The van der Waals surface area contributed by atoms with Crippen LogP contribution < -0.4 is 0 Å². The van der Waals surface area contributed by atoms with Crippen LogP contribution in [0.4, 0.5) is 0 Å². The highest BCUT2D eigenvalue weighted by Gasteiger charge is 2.16. The third-order valence-corrected chi connectivity index (χ3v) is 1.64. The van der Waals surface area contributed by atoms with E-state index in [1.54, 1.807) is 17.5 Å². The van der Waals surface area contributed by atoms with Crippen LogP contribution >= 0.6 is 0 Å². The summed E-state index contributed by atoms with van der Waals surface area (Å²) in [5, 5.41) is 8.68. The van der Waals surface area contributed by atoms with Gasteiger partial charge in [0, 0.05) is 6.20 Å². The van der Waals surface area contributed by atoms with E-state index >= 15 is 0 Å². The molecule has 0 aliphatic carbocycles. The fourth-order valence-corrected chi connectivity index (χ4v) is 1.11. The predicted molar refractivity (Wildman–Crippen MR) is 39.2 cm³/mol. The Bertz CT molecular complexity index is 440. The van der Waals surface area contributed by atoms with Gasteiger partial charge in [0.05, 0.1) is 0 Å². The van der Waals surface area contributed by atoms with Gasteiger partial charge in [0.1, 0.15) is 12.1 Å². The molecule has 2 aromatic heterocycles. The van der Waals surface area contributed by atoms with Crippen LogP contribution in [0.5, 0.6) is 0 Å². The molecule has 0 saturated carbocycles. The molecular formula is C7H6N2O3. The lowest BCUT2D eigenvalue weighted by Gasteiger charge is -1.81. The van der Waals surface area contributed by atoms with Gasteiger partial charge in [0.2, 0.25) is 11.4 Å². The minimum atomic E-state index is -1.07. The molecule has 0 aliphatic heterocycles. The molecule has 5 nitrogen and oxygen atoms in total. The Morgan fingerprint density at radius 1 is 1.75 bits per heavy atom. The molecule has 0 bridgehead atoms. The van der Waals surface area contributed by atoms with E-state index in [9.17, 15) is 4.79 Å². The largest absolute Gasteiger partial charge is 0.476 e. The number of hydrogen-bond donors (Lipinski definition) is 1. The van der Waals surface area contributed by atoms with Crippen LogP contribution in [0.25, 0.3) is 5.71 Å². The summed E-state index contributed by atoms with van der Waals surface area (Å²) in [6, 6.07) is 0. The number of imidazole rings is 1. The van der Waals surface area contributed by atoms with E-state index in [0.717, 1.165) is 0 Å². The molecule has 0 fully saturated rings. The van der Waals surface area contributed by atoms with Crippen molar-refractivity contribution in [1.29, 1.82) is 0 Å². The van der Waals surface area contributed by atoms with Crippen LogP contribution in [0, 0.1) is 6.92 Å². The summed E-state index contributed by atoms with van der Waals surface area (Å²) in [7, 11) is 0. The van der Waals surface area contributed by atoms with Gasteiger partial charge in [-0.05, 0) is 6.92 Å². The highest BCUT2D eigenvalue weighted by atomic mass is 16.4. The van der Waals surface area contributed by atoms with Gasteiger partial charge >= 0.3 is 5.97 Å². The zero-order valence-electron chi connectivity index (χ0n) is 6.31. The first-order valence-electron chi connectivity index (χ1n) is 3.35. The third kappa shape index (κ3) is 0.730. The number of hydrogen-bond acceptors (Lipinski definition) is 3. The van der Waals surface area contributed by atoms with E-state index in [1.165, 1.54) is 6.26 Å². The number of carbonyl (C=O) groups is 1. The van der Waals surface area contributed by atoms with Crippen LogP contribution in [0.3, 0.4) is 0 Å². The van der Waals surface area contributed by atoms with E-state index in [4.69, 9.17) is 9.52 Å². The van der Waals surface area contributed by atoms with Crippen LogP contribution in [-0.2, 0) is 0 Å². The highest BCUT2D eigenvalue weighted by molar-refractivity contribution is 5.91. The van der Waals surface area contributed by atoms with E-state index in [0.29, 0.717) is 5.82 Å². The van der Waals surface area contributed by atoms with Gasteiger partial charge < -0.3 is 9.52 Å². The summed E-state index contributed by atoms with van der Waals surface area (Å²) in [5.74, 6) is -0.466. The zero-order valence-corrected chi connectivity index (χ0v) is 6.31. The topological polar surface area (TPSA) is 67.7 Å². The lowest BCUT2D eigenvalue weighted by atomic mass is 10.5. The maximum absolute atomic E-state index is 10.6. The second-order valence-corrected chi connectivity index (χ2v) is 2.39. The molecule has 5 heteroatoms. The average molecular weight is 166 g/mol. The monoisotopic (exact) mass is 166 g/mol. The molecule has 1 N–H and O–H groups in total. The predicted octanol–water partition coefficient (Wildman–Crippen LogP) is 0.934. The van der Waals surface area contributed by atoms with Gasteiger partial charge in [-0.3, -0.25) is 4.40 Å². The van der Waals surface area contributed by atoms with Gasteiger partial charge in [-0.25, -0.2) is 9.78 Å². The molecule has 0 unspecified atom stereocenters. The Kier molecular flexibility index (Phi) is 1.21. The molecule has 2 rings (SSSR count). The van der Waals surface area contributed by atoms with E-state index < -0.39 is 5.97 Å². The first-order chi connectivity index (χ1) is 5.70. The average Bonchev–Trinajstić information content (AvgIpc) is 2.53. The Labute approximate surface area is 67.2 Å². The fraction of sp³-hybridized carbons (Fsp3) is 0.143. The van der Waals surface area contributed by atoms with Crippen molar-refractivity contribution in [3.8, 4) is 0 Å². The standard InChI is InChI=1S/C7H6N2O3/c1-4-8-5(7(10)11)6-9(4)2-3-12-6/h2-3H,1H3,(H,10,11). The summed E-state index contributed by atoms with van der Waals surface area (Å²) in [6.07, 6.45) is 3.06. The number of carboxylic acid groups (broad SMARTS) is 1. The molecule has 12 heavy (non-hydrogen) atoms. The van der Waals surface area contributed by atoms with Crippen molar-refractivity contribution >= 4 is 11.7 Å². The number of rotatable bonds is 1. The van der Waals surface area contributed by atoms with Crippen molar-refractivity contribution in [2.24, 2.45) is 0 Å². The van der Waals surface area contributed by atoms with Crippen LogP contribution in [-0.4, -0.2) is 20.5 Å². The zero-order chi connectivity index (χ0) is 8.72. The van der Waals surface area contributed by atoms with Gasteiger partial charge in [0.25, 0.3) is 0 Å². The Balaban J connectivity index is 2.83. The highest BCUT2D eigenvalue weighted by Crippen LogP contribution is 2.12. The number of aromatic nitrogens is 2. The van der Waals surface area contributed by atoms with Gasteiger partial charge in [-0.2, -0.15) is 0 Å². The number of aryl methyl sites for hydroxylation is 1. The lowest BCUT2D eigenvalue weighted by molar-refractivity contribution is 0.0692. The van der Waals surface area contributed by atoms with Crippen molar-refractivity contribution < 1.29 is 14.3 Å². The second kappa shape index (κ2) is 2.10. The van der Waals surface area contributed by atoms with Crippen molar-refractivity contribution in [1.82, 2.24) is 9.38 Å². The van der Waals surface area contributed by atoms with E-state index in [2.05, 4.69) is 4.98 Å².